The summed E-state index contributed by atoms with van der Waals surface area (Å²) >= 11 is 0. The normalized spacial score (nSPS) is 28.2. The van der Waals surface area contributed by atoms with Crippen molar-refractivity contribution >= 4 is 11.9 Å². The van der Waals surface area contributed by atoms with E-state index in [1.165, 1.54) is 12.8 Å². The van der Waals surface area contributed by atoms with Crippen molar-refractivity contribution in [2.45, 2.75) is 51.1 Å². The quantitative estimate of drug-likeness (QED) is 0.763. The number of hydrogen-bond acceptors (Lipinski definition) is 3. The maximum Gasteiger partial charge on any atom is 0.326 e. The van der Waals surface area contributed by atoms with Crippen molar-refractivity contribution in [2.24, 2.45) is 5.92 Å². The summed E-state index contributed by atoms with van der Waals surface area (Å²) < 4.78 is 0. The summed E-state index contributed by atoms with van der Waals surface area (Å²) in [5, 5.41) is 12.5. The Hall–Kier alpha value is -1.10. The van der Waals surface area contributed by atoms with Crippen LogP contribution >= 0.6 is 0 Å². The number of nitrogens with zero attached hydrogens (tertiary/aromatic N) is 1. The van der Waals surface area contributed by atoms with E-state index < -0.39 is 12.0 Å². The first kappa shape index (κ1) is 13.3. The van der Waals surface area contributed by atoms with Crippen LogP contribution in [0.5, 0.6) is 0 Å². The van der Waals surface area contributed by atoms with Gasteiger partial charge in [0.15, 0.2) is 0 Å². The van der Waals surface area contributed by atoms with E-state index in [1.807, 2.05) is 6.92 Å². The molecule has 1 saturated heterocycles. The zero-order valence-electron chi connectivity index (χ0n) is 10.9. The Morgan fingerprint density at radius 3 is 2.67 bits per heavy atom. The third kappa shape index (κ3) is 3.22. The van der Waals surface area contributed by atoms with Crippen LogP contribution in [0.15, 0.2) is 0 Å². The van der Waals surface area contributed by atoms with E-state index >= 15 is 0 Å². The highest BCUT2D eigenvalue weighted by atomic mass is 16.4. The zero-order valence-corrected chi connectivity index (χ0v) is 10.9. The van der Waals surface area contributed by atoms with Crippen LogP contribution in [-0.2, 0) is 9.59 Å². The molecule has 1 aliphatic carbocycles. The molecule has 1 amide bonds. The summed E-state index contributed by atoms with van der Waals surface area (Å²) in [5.74, 6) is -0.843. The molecule has 5 heteroatoms. The lowest BCUT2D eigenvalue weighted by Gasteiger charge is -2.37. The van der Waals surface area contributed by atoms with Crippen LogP contribution in [0.2, 0.25) is 0 Å². The zero-order chi connectivity index (χ0) is 13.1. The highest BCUT2D eigenvalue weighted by Gasteiger charge is 2.36. The minimum atomic E-state index is -0.870. The van der Waals surface area contributed by atoms with Crippen LogP contribution in [0, 0.1) is 5.92 Å². The van der Waals surface area contributed by atoms with Gasteiger partial charge in [-0.25, -0.2) is 4.79 Å². The second-order valence-electron chi connectivity index (χ2n) is 5.47. The summed E-state index contributed by atoms with van der Waals surface area (Å²) in [4.78, 5) is 24.9. The molecule has 2 fully saturated rings. The molecule has 2 atom stereocenters. The van der Waals surface area contributed by atoms with Crippen LogP contribution in [-0.4, -0.2) is 47.1 Å². The Balaban J connectivity index is 1.86. The van der Waals surface area contributed by atoms with Crippen molar-refractivity contribution in [1.82, 2.24) is 10.2 Å². The third-order valence-electron chi connectivity index (χ3n) is 3.86. The van der Waals surface area contributed by atoms with Gasteiger partial charge in [0.1, 0.15) is 6.04 Å². The van der Waals surface area contributed by atoms with Crippen molar-refractivity contribution in [3.05, 3.63) is 0 Å². The van der Waals surface area contributed by atoms with Crippen molar-refractivity contribution in [3.63, 3.8) is 0 Å². The van der Waals surface area contributed by atoms with Crippen LogP contribution in [0.3, 0.4) is 0 Å². The average Bonchev–Trinajstić information content (AvgIpc) is 3.12. The number of nitrogens with one attached hydrogen (secondary N) is 1. The van der Waals surface area contributed by atoms with Gasteiger partial charge in [0, 0.05) is 25.6 Å². The fourth-order valence-corrected chi connectivity index (χ4v) is 2.66. The number of aliphatic carboxylic acids is 1. The number of carboxylic acids is 1. The predicted octanol–water partition coefficient (Wildman–Crippen LogP) is 0.840. The highest BCUT2D eigenvalue weighted by Crippen LogP contribution is 2.24. The van der Waals surface area contributed by atoms with Crippen molar-refractivity contribution in [2.75, 3.05) is 13.1 Å². The molecule has 0 spiro atoms. The van der Waals surface area contributed by atoms with E-state index in [1.54, 1.807) is 4.90 Å². The summed E-state index contributed by atoms with van der Waals surface area (Å²) in [6.45, 7) is 3.17. The molecule has 1 heterocycles. The van der Waals surface area contributed by atoms with Gasteiger partial charge in [-0.15, -0.1) is 0 Å². The van der Waals surface area contributed by atoms with Gasteiger partial charge in [0.25, 0.3) is 0 Å². The first-order valence-corrected chi connectivity index (χ1v) is 6.85. The maximum absolute atomic E-state index is 12.1. The molecule has 2 aliphatic rings. The van der Waals surface area contributed by atoms with E-state index in [0.29, 0.717) is 25.6 Å². The molecule has 1 saturated carbocycles. The number of hydrogen-bond donors (Lipinski definition) is 2. The molecule has 2 unspecified atom stereocenters. The largest absolute Gasteiger partial charge is 0.480 e. The number of carbonyl (C=O) groups excluding carboxylic acids is 1. The number of rotatable bonds is 5. The van der Waals surface area contributed by atoms with Crippen LogP contribution in [0.4, 0.5) is 0 Å². The highest BCUT2D eigenvalue weighted by molar-refractivity contribution is 5.84. The smallest absolute Gasteiger partial charge is 0.326 e. The number of likely N-dealkylation sites (tertiary alicyclic amines) is 1. The van der Waals surface area contributed by atoms with Crippen molar-refractivity contribution in [3.8, 4) is 0 Å². The standard InChI is InChI=1S/C13H22N2O3/c1-9-3-2-8-15(12(9)13(17)18)11(16)6-7-14-10-4-5-10/h9-10,12,14H,2-8H2,1H3,(H,17,18). The van der Waals surface area contributed by atoms with Gasteiger partial charge in [-0.05, 0) is 31.6 Å². The summed E-state index contributed by atoms with van der Waals surface area (Å²) in [6, 6.07) is -0.0412. The minimum Gasteiger partial charge on any atom is -0.480 e. The fraction of sp³-hybridized carbons (Fsp3) is 0.846. The molecule has 5 nitrogen and oxygen atoms in total. The average molecular weight is 254 g/mol. The number of carboxylic acid groups (broad SMARTS) is 1. The van der Waals surface area contributed by atoms with Gasteiger partial charge in [-0.2, -0.15) is 0 Å². The van der Waals surface area contributed by atoms with Crippen molar-refractivity contribution < 1.29 is 14.7 Å². The molecule has 0 aromatic heterocycles. The molecule has 2 rings (SSSR count). The second kappa shape index (κ2) is 5.69. The van der Waals surface area contributed by atoms with Crippen LogP contribution in [0.25, 0.3) is 0 Å². The Morgan fingerprint density at radius 1 is 1.33 bits per heavy atom. The summed E-state index contributed by atoms with van der Waals surface area (Å²) in [7, 11) is 0. The third-order valence-corrected chi connectivity index (χ3v) is 3.86. The molecule has 0 aromatic carbocycles. The topological polar surface area (TPSA) is 69.6 Å². The van der Waals surface area contributed by atoms with Gasteiger partial charge in [-0.1, -0.05) is 6.92 Å². The van der Waals surface area contributed by atoms with Gasteiger partial charge in [-0.3, -0.25) is 4.79 Å². The molecule has 102 valence electrons. The molecule has 18 heavy (non-hydrogen) atoms. The monoisotopic (exact) mass is 254 g/mol. The first-order chi connectivity index (χ1) is 8.59. The van der Waals surface area contributed by atoms with E-state index in [-0.39, 0.29) is 11.8 Å². The predicted molar refractivity (Wildman–Crippen MR) is 67.2 cm³/mol. The number of amides is 1. The Kier molecular flexibility index (Phi) is 4.22. The molecule has 0 aromatic rings. The Morgan fingerprint density at radius 2 is 2.06 bits per heavy atom. The van der Waals surface area contributed by atoms with E-state index in [2.05, 4.69) is 5.32 Å². The number of piperidine rings is 1. The van der Waals surface area contributed by atoms with Gasteiger partial charge < -0.3 is 15.3 Å². The Labute approximate surface area is 108 Å². The molecular formula is C13H22N2O3. The molecule has 0 bridgehead atoms. The second-order valence-corrected chi connectivity index (χ2v) is 5.47. The first-order valence-electron chi connectivity index (χ1n) is 6.85. The lowest BCUT2D eigenvalue weighted by Crippen LogP contribution is -2.52. The van der Waals surface area contributed by atoms with Gasteiger partial charge in [0.2, 0.25) is 5.91 Å². The molecular weight excluding hydrogens is 232 g/mol. The minimum absolute atomic E-state index is 0.0258. The van der Waals surface area contributed by atoms with Gasteiger partial charge >= 0.3 is 5.97 Å². The summed E-state index contributed by atoms with van der Waals surface area (Å²) in [6.07, 6.45) is 4.61. The van der Waals surface area contributed by atoms with E-state index in [0.717, 1.165) is 12.8 Å². The molecule has 0 radical (unpaired) electrons. The van der Waals surface area contributed by atoms with Crippen LogP contribution < -0.4 is 5.32 Å². The van der Waals surface area contributed by atoms with Crippen LogP contribution in [0.1, 0.15) is 39.0 Å². The molecule has 2 N–H and O–H groups in total. The lowest BCUT2D eigenvalue weighted by atomic mass is 9.90. The lowest BCUT2D eigenvalue weighted by molar-refractivity contribution is -0.154. The fourth-order valence-electron chi connectivity index (χ4n) is 2.66. The SMILES string of the molecule is CC1CCCN(C(=O)CCNC2CC2)C1C(=O)O. The molecule has 1 aliphatic heterocycles. The van der Waals surface area contributed by atoms with E-state index in [4.69, 9.17) is 0 Å². The van der Waals surface area contributed by atoms with Crippen molar-refractivity contribution in [1.29, 1.82) is 0 Å². The maximum atomic E-state index is 12.1. The van der Waals surface area contributed by atoms with E-state index in [9.17, 15) is 14.7 Å². The number of carbonyl (C=O) groups is 2. The summed E-state index contributed by atoms with van der Waals surface area (Å²) in [5.41, 5.74) is 0. The Bertz CT molecular complexity index is 328. The van der Waals surface area contributed by atoms with Gasteiger partial charge in [0.05, 0.1) is 0 Å².